The molecule has 9 nitrogen and oxygen atoms in total. The van der Waals surface area contributed by atoms with Gasteiger partial charge in [0.15, 0.2) is 5.92 Å². The van der Waals surface area contributed by atoms with Crippen molar-refractivity contribution in [2.75, 3.05) is 39.9 Å². The third-order valence-corrected chi connectivity index (χ3v) is 4.86. The van der Waals surface area contributed by atoms with Crippen molar-refractivity contribution in [2.24, 2.45) is 10.9 Å². The number of piperazine rings is 1. The minimum Gasteiger partial charge on any atom is -0.497 e. The van der Waals surface area contributed by atoms with Crippen LogP contribution in [0.5, 0.6) is 5.75 Å². The number of nitrogens with zero attached hydrogens (tertiary/aromatic N) is 3. The molecule has 1 fully saturated rings. The van der Waals surface area contributed by atoms with Gasteiger partial charge in [0, 0.05) is 26.2 Å². The van der Waals surface area contributed by atoms with E-state index in [0.717, 1.165) is 12.0 Å². The number of ether oxygens (including phenoxy) is 2. The number of esters is 1. The van der Waals surface area contributed by atoms with Crippen molar-refractivity contribution in [3.63, 3.8) is 0 Å². The minimum absolute atomic E-state index is 0.183. The molecule has 2 heterocycles. The maximum absolute atomic E-state index is 12.8. The van der Waals surface area contributed by atoms with Crippen molar-refractivity contribution in [2.45, 2.75) is 13.0 Å². The van der Waals surface area contributed by atoms with Crippen molar-refractivity contribution in [3.05, 3.63) is 29.8 Å². The first kappa shape index (κ1) is 19.7. The molecule has 0 saturated carbocycles. The Balaban J connectivity index is 1.91. The van der Waals surface area contributed by atoms with Gasteiger partial charge < -0.3 is 19.3 Å². The van der Waals surface area contributed by atoms with E-state index in [4.69, 9.17) is 9.47 Å². The molecule has 3 rings (SSSR count). The molecule has 1 aromatic carbocycles. The van der Waals surface area contributed by atoms with Crippen LogP contribution in [-0.2, 0) is 19.1 Å². The molecular weight excluding hydrogens is 364 g/mol. The number of nitrogens with one attached hydrogen (secondary N) is 1. The van der Waals surface area contributed by atoms with Crippen LogP contribution in [0.25, 0.3) is 0 Å². The van der Waals surface area contributed by atoms with Gasteiger partial charge in [0.25, 0.3) is 0 Å². The number of hydrogen-bond acceptors (Lipinski definition) is 7. The van der Waals surface area contributed by atoms with Gasteiger partial charge >= 0.3 is 5.97 Å². The number of guanidine groups is 1. The van der Waals surface area contributed by atoms with Gasteiger partial charge in [-0.05, 0) is 24.6 Å². The number of rotatable bonds is 5. The van der Waals surface area contributed by atoms with Gasteiger partial charge in [-0.3, -0.25) is 19.7 Å². The maximum Gasteiger partial charge on any atom is 0.321 e. The number of carbonyl (C=O) groups excluding carboxylic acids is 3. The van der Waals surface area contributed by atoms with E-state index in [-0.39, 0.29) is 6.61 Å². The topological polar surface area (TPSA) is 101 Å². The Morgan fingerprint density at radius 1 is 1.25 bits per heavy atom. The Morgan fingerprint density at radius 3 is 2.50 bits per heavy atom. The first-order valence-corrected chi connectivity index (χ1v) is 9.21. The fourth-order valence-corrected chi connectivity index (χ4v) is 3.31. The summed E-state index contributed by atoms with van der Waals surface area (Å²) < 4.78 is 10.3. The van der Waals surface area contributed by atoms with Crippen molar-refractivity contribution in [3.8, 4) is 5.75 Å². The molecule has 1 N–H and O–H groups in total. The smallest absolute Gasteiger partial charge is 0.321 e. The second-order valence-corrected chi connectivity index (χ2v) is 6.52. The Labute approximate surface area is 163 Å². The van der Waals surface area contributed by atoms with Gasteiger partial charge in [0.1, 0.15) is 11.8 Å². The van der Waals surface area contributed by atoms with E-state index in [9.17, 15) is 14.4 Å². The van der Waals surface area contributed by atoms with Gasteiger partial charge in [-0.1, -0.05) is 12.1 Å². The minimum atomic E-state index is -1.06. The lowest BCUT2D eigenvalue weighted by molar-refractivity contribution is -0.153. The highest BCUT2D eigenvalue weighted by atomic mass is 16.5. The molecule has 0 aromatic heterocycles. The van der Waals surface area contributed by atoms with Crippen LogP contribution < -0.4 is 10.1 Å². The summed E-state index contributed by atoms with van der Waals surface area (Å²) in [7, 11) is 1.57. The average Bonchev–Trinajstić information content (AvgIpc) is 2.73. The molecule has 0 unspecified atom stereocenters. The summed E-state index contributed by atoms with van der Waals surface area (Å²) in [5, 5.41) is 2.74. The van der Waals surface area contributed by atoms with Crippen LogP contribution in [0.4, 0.5) is 0 Å². The molecule has 0 radical (unpaired) electrons. The first-order valence-electron chi connectivity index (χ1n) is 9.21. The summed E-state index contributed by atoms with van der Waals surface area (Å²) in [6.45, 7) is 4.08. The zero-order valence-electron chi connectivity index (χ0n) is 16.0. The lowest BCUT2D eigenvalue weighted by Gasteiger charge is -2.37. The molecule has 2 atom stereocenters. The summed E-state index contributed by atoms with van der Waals surface area (Å²) in [4.78, 5) is 44.4. The fourth-order valence-electron chi connectivity index (χ4n) is 3.31. The van der Waals surface area contributed by atoms with Crippen LogP contribution >= 0.6 is 0 Å². The van der Waals surface area contributed by atoms with Crippen molar-refractivity contribution < 1.29 is 23.9 Å². The van der Waals surface area contributed by atoms with E-state index in [1.165, 1.54) is 0 Å². The largest absolute Gasteiger partial charge is 0.497 e. The third-order valence-electron chi connectivity index (χ3n) is 4.86. The summed E-state index contributed by atoms with van der Waals surface area (Å²) in [5.74, 6) is -1.02. The second-order valence-electron chi connectivity index (χ2n) is 6.52. The Morgan fingerprint density at radius 2 is 1.93 bits per heavy atom. The summed E-state index contributed by atoms with van der Waals surface area (Å²) in [5.41, 5.74) is 0.720. The highest BCUT2D eigenvalue weighted by Gasteiger charge is 2.42. The molecular formula is C19H24N4O5. The average molecular weight is 388 g/mol. The fraction of sp³-hybridized carbons (Fsp3) is 0.474. The zero-order chi connectivity index (χ0) is 20.1. The molecule has 1 saturated heterocycles. The lowest BCUT2D eigenvalue weighted by Crippen LogP contribution is -2.57. The number of amides is 2. The molecule has 2 amide bonds. The van der Waals surface area contributed by atoms with Gasteiger partial charge in [-0.25, -0.2) is 4.99 Å². The normalized spacial score (nSPS) is 22.2. The van der Waals surface area contributed by atoms with Crippen LogP contribution in [0.3, 0.4) is 0 Å². The molecule has 2 aliphatic rings. The summed E-state index contributed by atoms with van der Waals surface area (Å²) >= 11 is 0. The van der Waals surface area contributed by atoms with Crippen LogP contribution in [-0.4, -0.2) is 73.9 Å². The predicted octanol–water partition coefficient (Wildman–Crippen LogP) is 0.175. The molecule has 0 bridgehead atoms. The van der Waals surface area contributed by atoms with E-state index in [1.807, 2.05) is 4.90 Å². The Bertz CT molecular complexity index is 756. The number of benzene rings is 1. The number of carbonyl (C=O) groups is 3. The quantitative estimate of drug-likeness (QED) is 0.439. The third kappa shape index (κ3) is 4.08. The van der Waals surface area contributed by atoms with Crippen LogP contribution in [0.2, 0.25) is 0 Å². The molecule has 150 valence electrons. The molecule has 0 aliphatic carbocycles. The lowest BCUT2D eigenvalue weighted by atomic mass is 9.91. The number of hydrogen-bond donors (Lipinski definition) is 1. The standard InChI is InChI=1S/C19H24N4O5/c1-3-28-18(26)15-16(13-4-6-14(27-2)7-5-13)20-19(21-17(15)25)23-10-8-22(12-24)9-11-23/h4-7,12,15-16H,3,8-11H2,1-2H3,(H,20,21,25)/t15-,16-/m0/s1. The van der Waals surface area contributed by atoms with Gasteiger partial charge in [-0.15, -0.1) is 0 Å². The molecule has 0 spiro atoms. The molecule has 1 aromatic rings. The zero-order valence-corrected chi connectivity index (χ0v) is 16.0. The van der Waals surface area contributed by atoms with Gasteiger partial charge in [-0.2, -0.15) is 0 Å². The van der Waals surface area contributed by atoms with Gasteiger partial charge in [0.05, 0.1) is 13.7 Å². The molecule has 28 heavy (non-hydrogen) atoms. The first-order chi connectivity index (χ1) is 13.6. The molecule has 9 heteroatoms. The Kier molecular flexibility index (Phi) is 6.13. The van der Waals surface area contributed by atoms with E-state index in [2.05, 4.69) is 10.3 Å². The van der Waals surface area contributed by atoms with E-state index in [1.54, 1.807) is 43.2 Å². The SMILES string of the molecule is CCOC(=O)[C@@H]1C(=O)NC(N2CCN(C=O)CC2)=N[C@H]1c1ccc(OC)cc1. The van der Waals surface area contributed by atoms with Crippen molar-refractivity contribution in [1.82, 2.24) is 15.1 Å². The second kappa shape index (κ2) is 8.73. The predicted molar refractivity (Wildman–Crippen MR) is 101 cm³/mol. The van der Waals surface area contributed by atoms with E-state index >= 15 is 0 Å². The van der Waals surface area contributed by atoms with E-state index in [0.29, 0.717) is 37.9 Å². The highest BCUT2D eigenvalue weighted by Crippen LogP contribution is 2.32. The van der Waals surface area contributed by atoms with Crippen molar-refractivity contribution >= 4 is 24.2 Å². The number of aliphatic imine (C=N–C) groups is 1. The summed E-state index contributed by atoms with van der Waals surface area (Å²) in [6, 6.07) is 6.42. The Hall–Kier alpha value is -3.10. The number of methoxy groups -OCH3 is 1. The monoisotopic (exact) mass is 388 g/mol. The highest BCUT2D eigenvalue weighted by molar-refractivity contribution is 6.08. The van der Waals surface area contributed by atoms with Crippen LogP contribution in [0.15, 0.2) is 29.3 Å². The van der Waals surface area contributed by atoms with E-state index < -0.39 is 23.8 Å². The van der Waals surface area contributed by atoms with Crippen LogP contribution in [0.1, 0.15) is 18.5 Å². The van der Waals surface area contributed by atoms with Crippen LogP contribution in [0, 0.1) is 5.92 Å². The molecule has 2 aliphatic heterocycles. The van der Waals surface area contributed by atoms with Gasteiger partial charge in [0.2, 0.25) is 18.3 Å². The van der Waals surface area contributed by atoms with Crippen molar-refractivity contribution in [1.29, 1.82) is 0 Å². The summed E-state index contributed by atoms with van der Waals surface area (Å²) in [6.07, 6.45) is 0.815. The maximum atomic E-state index is 12.8.